The normalized spacial score (nSPS) is 18.6. The van der Waals surface area contributed by atoms with Gasteiger partial charge in [-0.05, 0) is 68.0 Å². The molecule has 1 aliphatic heterocycles. The van der Waals surface area contributed by atoms with E-state index in [1.807, 2.05) is 18.4 Å². The van der Waals surface area contributed by atoms with E-state index in [0.717, 1.165) is 36.3 Å². The predicted molar refractivity (Wildman–Crippen MR) is 149 cm³/mol. The Morgan fingerprint density at radius 2 is 1.56 bits per heavy atom. The van der Waals surface area contributed by atoms with Gasteiger partial charge >= 0.3 is 12.2 Å². The van der Waals surface area contributed by atoms with Gasteiger partial charge in [-0.1, -0.05) is 12.8 Å². The van der Waals surface area contributed by atoms with Crippen molar-refractivity contribution in [1.29, 1.82) is 0 Å². The van der Waals surface area contributed by atoms with Gasteiger partial charge in [0.25, 0.3) is 11.8 Å². The summed E-state index contributed by atoms with van der Waals surface area (Å²) in [5, 5.41) is 10.7. The molecular weight excluding hydrogens is 559 g/mol. The molecule has 1 saturated carbocycles. The van der Waals surface area contributed by atoms with Crippen LogP contribution in [0.3, 0.4) is 0 Å². The number of thioether (sulfide) groups is 1. The number of amides is 5. The summed E-state index contributed by atoms with van der Waals surface area (Å²) in [4.78, 5) is 53.3. The van der Waals surface area contributed by atoms with E-state index in [2.05, 4.69) is 21.3 Å². The molecule has 1 aliphatic carbocycles. The van der Waals surface area contributed by atoms with E-state index in [1.165, 1.54) is 4.90 Å². The van der Waals surface area contributed by atoms with E-state index in [1.54, 1.807) is 23.9 Å². The van der Waals surface area contributed by atoms with Crippen molar-refractivity contribution in [2.45, 2.75) is 55.3 Å². The van der Waals surface area contributed by atoms with Crippen LogP contribution < -0.4 is 21.3 Å². The van der Waals surface area contributed by atoms with Crippen LogP contribution >= 0.6 is 11.8 Å². The minimum atomic E-state index is -4.70. The molecule has 4 rings (SSSR count). The third-order valence-corrected chi connectivity index (χ3v) is 7.91. The molecule has 0 aromatic heterocycles. The summed E-state index contributed by atoms with van der Waals surface area (Å²) >= 11 is 1.57. The third-order valence-electron chi connectivity index (χ3n) is 7.17. The van der Waals surface area contributed by atoms with E-state index >= 15 is 0 Å². The molecule has 220 valence electrons. The Kier molecular flexibility index (Phi) is 9.79. The molecule has 9 nitrogen and oxygen atoms in total. The van der Waals surface area contributed by atoms with E-state index in [0.29, 0.717) is 37.6 Å². The van der Waals surface area contributed by atoms with Crippen molar-refractivity contribution in [3.8, 4) is 0 Å². The first kappa shape index (κ1) is 30.2. The Morgan fingerprint density at radius 1 is 0.902 bits per heavy atom. The molecule has 2 aliphatic rings. The van der Waals surface area contributed by atoms with Gasteiger partial charge in [-0.25, -0.2) is 4.79 Å². The van der Waals surface area contributed by atoms with Crippen molar-refractivity contribution in [2.24, 2.45) is 0 Å². The number of likely N-dealkylation sites (tertiary alicyclic amines) is 1. The standard InChI is InChI=1S/C28H32F3N5O4S/c1-41-19-10-7-17(8-11-19)25(38)34-23-6-3-2-5-22(23)33-24(37)16-32-26(39)20-15-18(28(29,30)31)9-12-21(20)35-27(40)36-13-4-14-36/h7-12,15,22-23H,2-6,13-14,16H2,1H3,(H,32,39)(H,33,37)(H,34,38)(H,35,40)/t22-,23+/m1/s1. The maximum absolute atomic E-state index is 13.3. The van der Waals surface area contributed by atoms with Crippen LogP contribution in [0.25, 0.3) is 0 Å². The number of anilines is 1. The van der Waals surface area contributed by atoms with Crippen LogP contribution in [0.2, 0.25) is 0 Å². The van der Waals surface area contributed by atoms with E-state index in [4.69, 9.17) is 0 Å². The highest BCUT2D eigenvalue weighted by Crippen LogP contribution is 2.32. The first-order valence-electron chi connectivity index (χ1n) is 13.3. The number of hydrogen-bond acceptors (Lipinski definition) is 5. The molecule has 0 unspecified atom stereocenters. The number of urea groups is 1. The van der Waals surface area contributed by atoms with Gasteiger partial charge in [-0.3, -0.25) is 14.4 Å². The summed E-state index contributed by atoms with van der Waals surface area (Å²) in [7, 11) is 0. The largest absolute Gasteiger partial charge is 0.416 e. The SMILES string of the molecule is CSc1ccc(C(=O)N[C@H]2CCCC[C@H]2NC(=O)CNC(=O)c2cc(C(F)(F)F)ccc2NC(=O)N2CCC2)cc1. The molecule has 2 fully saturated rings. The summed E-state index contributed by atoms with van der Waals surface area (Å²) in [5.74, 6) is -1.74. The number of alkyl halides is 3. The fraction of sp³-hybridized carbons (Fsp3) is 0.429. The van der Waals surface area contributed by atoms with Crippen LogP contribution in [0.1, 0.15) is 58.4 Å². The second-order valence-electron chi connectivity index (χ2n) is 9.98. The summed E-state index contributed by atoms with van der Waals surface area (Å²) in [6.45, 7) is 0.532. The molecule has 2 atom stereocenters. The minimum absolute atomic E-state index is 0.0894. The number of halogens is 3. The molecule has 0 radical (unpaired) electrons. The van der Waals surface area contributed by atoms with Crippen LogP contribution in [-0.2, 0) is 11.0 Å². The molecule has 1 saturated heterocycles. The number of hydrogen-bond donors (Lipinski definition) is 4. The Bertz CT molecular complexity index is 1280. The number of carbonyl (C=O) groups is 4. The lowest BCUT2D eigenvalue weighted by Crippen LogP contribution is -2.54. The maximum Gasteiger partial charge on any atom is 0.416 e. The summed E-state index contributed by atoms with van der Waals surface area (Å²) < 4.78 is 40.0. The quantitative estimate of drug-likeness (QED) is 0.342. The van der Waals surface area contributed by atoms with Gasteiger partial charge in [-0.2, -0.15) is 13.2 Å². The Labute approximate surface area is 240 Å². The lowest BCUT2D eigenvalue weighted by molar-refractivity contribution is -0.137. The zero-order valence-electron chi connectivity index (χ0n) is 22.5. The monoisotopic (exact) mass is 591 g/mol. The Morgan fingerprint density at radius 3 is 2.15 bits per heavy atom. The van der Waals surface area contributed by atoms with Gasteiger partial charge in [0.15, 0.2) is 0 Å². The van der Waals surface area contributed by atoms with Crippen LogP contribution in [0.5, 0.6) is 0 Å². The summed E-state index contributed by atoms with van der Waals surface area (Å²) in [5.41, 5.74) is -1.05. The van der Waals surface area contributed by atoms with Gasteiger partial charge in [0.2, 0.25) is 5.91 Å². The molecule has 1 heterocycles. The highest BCUT2D eigenvalue weighted by molar-refractivity contribution is 7.98. The lowest BCUT2D eigenvalue weighted by atomic mass is 9.90. The molecular formula is C28H32F3N5O4S. The average molecular weight is 592 g/mol. The fourth-order valence-electron chi connectivity index (χ4n) is 4.72. The molecule has 13 heteroatoms. The number of nitrogens with zero attached hydrogens (tertiary/aromatic N) is 1. The summed E-state index contributed by atoms with van der Waals surface area (Å²) in [6.07, 6.45) is 1.06. The maximum atomic E-state index is 13.3. The molecule has 41 heavy (non-hydrogen) atoms. The van der Waals surface area contributed by atoms with Crippen LogP contribution in [0, 0.1) is 0 Å². The molecule has 2 aromatic rings. The van der Waals surface area contributed by atoms with Crippen LogP contribution in [0.4, 0.5) is 23.7 Å². The second-order valence-corrected chi connectivity index (χ2v) is 10.9. The molecule has 0 spiro atoms. The first-order valence-corrected chi connectivity index (χ1v) is 14.6. The van der Waals surface area contributed by atoms with Crippen molar-refractivity contribution >= 4 is 41.2 Å². The van der Waals surface area contributed by atoms with Crippen LogP contribution in [-0.4, -0.2) is 66.6 Å². The number of carbonyl (C=O) groups excluding carboxylic acids is 4. The zero-order chi connectivity index (χ0) is 29.6. The number of benzene rings is 2. The van der Waals surface area contributed by atoms with Crippen LogP contribution in [0.15, 0.2) is 47.4 Å². The summed E-state index contributed by atoms with van der Waals surface area (Å²) in [6, 6.07) is 8.44. The van der Waals surface area contributed by atoms with Crippen molar-refractivity contribution in [3.05, 3.63) is 59.2 Å². The Balaban J connectivity index is 1.37. The number of nitrogens with one attached hydrogen (secondary N) is 4. The van der Waals surface area contributed by atoms with Crippen molar-refractivity contribution < 1.29 is 32.3 Å². The lowest BCUT2D eigenvalue weighted by Gasteiger charge is -2.33. The van der Waals surface area contributed by atoms with Gasteiger partial charge in [-0.15, -0.1) is 11.8 Å². The zero-order valence-corrected chi connectivity index (χ0v) is 23.3. The predicted octanol–water partition coefficient (Wildman–Crippen LogP) is 4.25. The highest BCUT2D eigenvalue weighted by atomic mass is 32.2. The highest BCUT2D eigenvalue weighted by Gasteiger charge is 2.33. The number of rotatable bonds is 8. The molecule has 4 N–H and O–H groups in total. The first-order chi connectivity index (χ1) is 19.5. The van der Waals surface area contributed by atoms with Gasteiger partial charge in [0.05, 0.1) is 23.4 Å². The second kappa shape index (κ2) is 13.3. The topological polar surface area (TPSA) is 120 Å². The molecule has 5 amide bonds. The van der Waals surface area contributed by atoms with Gasteiger partial charge in [0, 0.05) is 35.6 Å². The third kappa shape index (κ3) is 7.93. The van der Waals surface area contributed by atoms with E-state index < -0.39 is 41.7 Å². The van der Waals surface area contributed by atoms with Crippen molar-refractivity contribution in [2.75, 3.05) is 31.2 Å². The smallest absolute Gasteiger partial charge is 0.350 e. The Hall–Kier alpha value is -3.74. The molecule has 2 aromatic carbocycles. The van der Waals surface area contributed by atoms with Gasteiger partial charge in [0.1, 0.15) is 0 Å². The molecule has 0 bridgehead atoms. The van der Waals surface area contributed by atoms with Crippen molar-refractivity contribution in [1.82, 2.24) is 20.9 Å². The van der Waals surface area contributed by atoms with Gasteiger partial charge < -0.3 is 26.2 Å². The van der Waals surface area contributed by atoms with Crippen molar-refractivity contribution in [3.63, 3.8) is 0 Å². The van der Waals surface area contributed by atoms with E-state index in [-0.39, 0.29) is 23.7 Å². The van der Waals surface area contributed by atoms with E-state index in [9.17, 15) is 32.3 Å². The fourth-order valence-corrected chi connectivity index (χ4v) is 5.12. The average Bonchev–Trinajstić information content (AvgIpc) is 2.91. The minimum Gasteiger partial charge on any atom is -0.350 e.